The summed E-state index contributed by atoms with van der Waals surface area (Å²) in [6.07, 6.45) is 0. The summed E-state index contributed by atoms with van der Waals surface area (Å²) in [5.41, 5.74) is 0. The summed E-state index contributed by atoms with van der Waals surface area (Å²) in [7, 11) is 0. The Morgan fingerprint density at radius 2 is 1.87 bits per heavy atom. The smallest absolute Gasteiger partial charge is 0.119 e. The first kappa shape index (κ1) is 13.3. The van der Waals surface area contributed by atoms with Crippen molar-refractivity contribution in [3.8, 4) is 5.75 Å². The maximum atomic E-state index is 5.74. The summed E-state index contributed by atoms with van der Waals surface area (Å²) in [4.78, 5) is 0. The molecule has 0 heterocycles. The van der Waals surface area contributed by atoms with Crippen molar-refractivity contribution in [3.05, 3.63) is 27.8 Å². The van der Waals surface area contributed by atoms with Crippen LogP contribution in [0, 0.1) is 15.4 Å². The second-order valence-corrected chi connectivity index (χ2v) is 5.82. The maximum Gasteiger partial charge on any atom is 0.119 e. The first-order valence-corrected chi connectivity index (χ1v) is 7.28. The normalized spacial score (nSPS) is 12.9. The molecule has 1 aromatic rings. The molecule has 15 heavy (non-hydrogen) atoms. The van der Waals surface area contributed by atoms with E-state index >= 15 is 0 Å². The van der Waals surface area contributed by atoms with Gasteiger partial charge in [0.25, 0.3) is 0 Å². The van der Waals surface area contributed by atoms with E-state index in [1.807, 2.05) is 12.1 Å². The third-order valence-corrected chi connectivity index (χ3v) is 3.97. The predicted molar refractivity (Wildman–Crippen MR) is 76.8 cm³/mol. The average Bonchev–Trinajstić information content (AvgIpc) is 2.21. The monoisotopic (exact) mass is 382 g/mol. The minimum atomic E-state index is 0.573. The van der Waals surface area contributed by atoms with Crippen LogP contribution in [0.2, 0.25) is 0 Å². The minimum Gasteiger partial charge on any atom is -0.493 e. The van der Waals surface area contributed by atoms with E-state index in [1.54, 1.807) is 0 Å². The SMILES string of the molecule is CC(C)C(CBr)COc1ccc(I)cc1. The highest BCUT2D eigenvalue weighted by Crippen LogP contribution is 2.18. The van der Waals surface area contributed by atoms with Crippen LogP contribution in [-0.4, -0.2) is 11.9 Å². The zero-order valence-corrected chi connectivity index (χ0v) is 12.8. The van der Waals surface area contributed by atoms with Gasteiger partial charge >= 0.3 is 0 Å². The molecule has 84 valence electrons. The second kappa shape index (κ2) is 6.74. The van der Waals surface area contributed by atoms with Crippen molar-refractivity contribution in [1.82, 2.24) is 0 Å². The fourth-order valence-corrected chi connectivity index (χ4v) is 2.44. The first-order valence-electron chi connectivity index (χ1n) is 5.07. The number of hydrogen-bond donors (Lipinski definition) is 0. The van der Waals surface area contributed by atoms with Crippen molar-refractivity contribution in [2.75, 3.05) is 11.9 Å². The molecule has 1 unspecified atom stereocenters. The summed E-state index contributed by atoms with van der Waals surface area (Å²) < 4.78 is 6.98. The predicted octanol–water partition coefficient (Wildman–Crippen LogP) is 4.34. The summed E-state index contributed by atoms with van der Waals surface area (Å²) >= 11 is 5.81. The Hall–Kier alpha value is 0.230. The molecular formula is C12H16BrIO. The van der Waals surface area contributed by atoms with Gasteiger partial charge < -0.3 is 4.74 Å². The first-order chi connectivity index (χ1) is 7.13. The highest BCUT2D eigenvalue weighted by Gasteiger charge is 2.12. The van der Waals surface area contributed by atoms with Gasteiger partial charge in [-0.05, 0) is 52.8 Å². The molecule has 0 N–H and O–H groups in total. The van der Waals surface area contributed by atoms with Crippen LogP contribution in [0.5, 0.6) is 5.75 Å². The van der Waals surface area contributed by atoms with Crippen LogP contribution in [0.25, 0.3) is 0 Å². The summed E-state index contributed by atoms with van der Waals surface area (Å²) in [5.74, 6) is 2.18. The lowest BCUT2D eigenvalue weighted by Gasteiger charge is -2.18. The van der Waals surface area contributed by atoms with E-state index in [0.717, 1.165) is 17.7 Å². The molecule has 0 spiro atoms. The molecule has 1 atom stereocenters. The van der Waals surface area contributed by atoms with Gasteiger partial charge in [-0.25, -0.2) is 0 Å². The van der Waals surface area contributed by atoms with Crippen LogP contribution >= 0.6 is 38.5 Å². The molecule has 0 radical (unpaired) electrons. The number of hydrogen-bond acceptors (Lipinski definition) is 1. The van der Waals surface area contributed by atoms with Crippen LogP contribution in [0.4, 0.5) is 0 Å². The molecule has 0 aliphatic heterocycles. The fourth-order valence-electron chi connectivity index (χ4n) is 1.15. The summed E-state index contributed by atoms with van der Waals surface area (Å²) in [6.45, 7) is 5.23. The molecule has 1 aromatic carbocycles. The summed E-state index contributed by atoms with van der Waals surface area (Å²) in [6, 6.07) is 8.17. The van der Waals surface area contributed by atoms with Crippen LogP contribution in [0.3, 0.4) is 0 Å². The molecule has 1 rings (SSSR count). The van der Waals surface area contributed by atoms with Crippen LogP contribution < -0.4 is 4.74 Å². The van der Waals surface area contributed by atoms with Crippen molar-refractivity contribution in [1.29, 1.82) is 0 Å². The Labute approximate surface area is 114 Å². The van der Waals surface area contributed by atoms with E-state index in [1.165, 1.54) is 3.57 Å². The number of rotatable bonds is 5. The lowest BCUT2D eigenvalue weighted by molar-refractivity contribution is 0.227. The minimum absolute atomic E-state index is 0.573. The van der Waals surface area contributed by atoms with Crippen molar-refractivity contribution < 1.29 is 4.74 Å². The molecule has 0 aliphatic carbocycles. The van der Waals surface area contributed by atoms with Gasteiger partial charge in [0.05, 0.1) is 6.61 Å². The van der Waals surface area contributed by atoms with E-state index < -0.39 is 0 Å². The number of halogens is 2. The van der Waals surface area contributed by atoms with Crippen molar-refractivity contribution in [3.63, 3.8) is 0 Å². The van der Waals surface area contributed by atoms with Crippen LogP contribution in [0.1, 0.15) is 13.8 Å². The largest absolute Gasteiger partial charge is 0.493 e. The molecule has 0 fully saturated rings. The quantitative estimate of drug-likeness (QED) is 0.543. The Kier molecular flexibility index (Phi) is 5.97. The highest BCUT2D eigenvalue weighted by molar-refractivity contribution is 14.1. The van der Waals surface area contributed by atoms with Crippen LogP contribution in [-0.2, 0) is 0 Å². The summed E-state index contributed by atoms with van der Waals surface area (Å²) in [5, 5.41) is 0.995. The molecule has 1 nitrogen and oxygen atoms in total. The Morgan fingerprint density at radius 3 is 2.33 bits per heavy atom. The number of ether oxygens (including phenoxy) is 1. The molecule has 0 aliphatic rings. The zero-order valence-electron chi connectivity index (χ0n) is 9.04. The lowest BCUT2D eigenvalue weighted by Crippen LogP contribution is -2.19. The van der Waals surface area contributed by atoms with Gasteiger partial charge in [-0.2, -0.15) is 0 Å². The number of alkyl halides is 1. The standard InChI is InChI=1S/C12H16BrIO/c1-9(2)10(7-13)8-15-12-5-3-11(14)4-6-12/h3-6,9-10H,7-8H2,1-2H3. The Bertz CT molecular complexity index is 284. The van der Waals surface area contributed by atoms with Gasteiger partial charge in [0, 0.05) is 14.8 Å². The van der Waals surface area contributed by atoms with Gasteiger partial charge in [-0.1, -0.05) is 29.8 Å². The molecule has 0 bridgehead atoms. The third-order valence-electron chi connectivity index (χ3n) is 2.42. The van der Waals surface area contributed by atoms with E-state index in [0.29, 0.717) is 11.8 Å². The van der Waals surface area contributed by atoms with Gasteiger partial charge in [0.15, 0.2) is 0 Å². The second-order valence-electron chi connectivity index (χ2n) is 3.92. The maximum absolute atomic E-state index is 5.74. The van der Waals surface area contributed by atoms with Crippen molar-refractivity contribution in [2.45, 2.75) is 13.8 Å². The topological polar surface area (TPSA) is 9.23 Å². The van der Waals surface area contributed by atoms with Gasteiger partial charge in [-0.3, -0.25) is 0 Å². The van der Waals surface area contributed by atoms with Crippen molar-refractivity contribution in [2.24, 2.45) is 11.8 Å². The lowest BCUT2D eigenvalue weighted by atomic mass is 9.99. The molecule has 0 aromatic heterocycles. The van der Waals surface area contributed by atoms with E-state index in [-0.39, 0.29) is 0 Å². The Balaban J connectivity index is 2.45. The van der Waals surface area contributed by atoms with E-state index in [9.17, 15) is 0 Å². The van der Waals surface area contributed by atoms with E-state index in [2.05, 4.69) is 64.5 Å². The molecule has 0 saturated carbocycles. The highest BCUT2D eigenvalue weighted by atomic mass is 127. The molecule has 0 amide bonds. The van der Waals surface area contributed by atoms with Gasteiger partial charge in [0.1, 0.15) is 5.75 Å². The fraction of sp³-hybridized carbons (Fsp3) is 0.500. The molecule has 0 saturated heterocycles. The average molecular weight is 383 g/mol. The zero-order chi connectivity index (χ0) is 11.3. The third kappa shape index (κ3) is 4.72. The van der Waals surface area contributed by atoms with Gasteiger partial charge in [-0.15, -0.1) is 0 Å². The molecular weight excluding hydrogens is 367 g/mol. The van der Waals surface area contributed by atoms with E-state index in [4.69, 9.17) is 4.74 Å². The van der Waals surface area contributed by atoms with Crippen LogP contribution in [0.15, 0.2) is 24.3 Å². The molecule has 3 heteroatoms. The Morgan fingerprint density at radius 1 is 1.27 bits per heavy atom. The number of benzene rings is 1. The van der Waals surface area contributed by atoms with Gasteiger partial charge in [0.2, 0.25) is 0 Å². The van der Waals surface area contributed by atoms with Crippen molar-refractivity contribution >= 4 is 38.5 Å².